The summed E-state index contributed by atoms with van der Waals surface area (Å²) >= 11 is 1.30. The maximum absolute atomic E-state index is 10.7. The molecular weight excluding hydrogens is 238 g/mol. The summed E-state index contributed by atoms with van der Waals surface area (Å²) in [6.07, 6.45) is 3.76. The smallest absolute Gasteiger partial charge is 0.345 e. The van der Waals surface area contributed by atoms with Crippen molar-refractivity contribution in [1.82, 2.24) is 15.1 Å². The van der Waals surface area contributed by atoms with Crippen LogP contribution in [-0.4, -0.2) is 20.9 Å². The van der Waals surface area contributed by atoms with Gasteiger partial charge >= 0.3 is 5.97 Å². The summed E-state index contributed by atoms with van der Waals surface area (Å²) in [5.74, 6) is -0.867. The van der Waals surface area contributed by atoms with E-state index in [1.807, 2.05) is 25.5 Å². The summed E-state index contributed by atoms with van der Waals surface area (Å²) in [4.78, 5) is 12.1. The fourth-order valence-electron chi connectivity index (χ4n) is 1.48. The van der Waals surface area contributed by atoms with Crippen molar-refractivity contribution in [2.24, 2.45) is 7.05 Å². The minimum atomic E-state index is -0.867. The van der Waals surface area contributed by atoms with E-state index < -0.39 is 5.97 Å². The second-order valence-electron chi connectivity index (χ2n) is 3.70. The maximum Gasteiger partial charge on any atom is 0.345 e. The molecule has 0 saturated heterocycles. The van der Waals surface area contributed by atoms with Crippen molar-refractivity contribution in [2.45, 2.75) is 13.1 Å². The summed E-state index contributed by atoms with van der Waals surface area (Å²) in [6.45, 7) is 1.40. The quantitative estimate of drug-likeness (QED) is 0.844. The number of hydrogen-bond acceptors (Lipinski definition) is 4. The number of carboxylic acid groups (broad SMARTS) is 1. The van der Waals surface area contributed by atoms with E-state index in [-0.39, 0.29) is 0 Å². The zero-order valence-electron chi connectivity index (χ0n) is 9.38. The lowest BCUT2D eigenvalue weighted by atomic mass is 10.3. The normalized spacial score (nSPS) is 10.6. The van der Waals surface area contributed by atoms with Gasteiger partial charge in [-0.3, -0.25) is 4.68 Å². The fraction of sp³-hybridized carbons (Fsp3) is 0.273. The van der Waals surface area contributed by atoms with Gasteiger partial charge in [0.25, 0.3) is 0 Å². The number of aromatic carboxylic acids is 1. The molecule has 0 aliphatic carbocycles. The first-order chi connectivity index (χ1) is 8.15. The van der Waals surface area contributed by atoms with Crippen molar-refractivity contribution in [3.8, 4) is 0 Å². The molecule has 90 valence electrons. The molecule has 0 bridgehead atoms. The summed E-state index contributed by atoms with van der Waals surface area (Å²) in [6, 6.07) is 3.47. The van der Waals surface area contributed by atoms with Gasteiger partial charge in [-0.2, -0.15) is 5.10 Å². The molecule has 0 aliphatic heterocycles. The summed E-state index contributed by atoms with van der Waals surface area (Å²) in [5.41, 5.74) is 1.11. The summed E-state index contributed by atoms with van der Waals surface area (Å²) < 4.78 is 1.75. The van der Waals surface area contributed by atoms with Crippen LogP contribution < -0.4 is 5.32 Å². The average molecular weight is 251 g/mol. The first-order valence-corrected chi connectivity index (χ1v) is 5.97. The third-order valence-corrected chi connectivity index (χ3v) is 3.33. The third-order valence-electron chi connectivity index (χ3n) is 2.26. The Hall–Kier alpha value is -1.66. The van der Waals surface area contributed by atoms with E-state index in [9.17, 15) is 4.79 Å². The number of thiophene rings is 1. The second kappa shape index (κ2) is 5.11. The Morgan fingerprint density at radius 1 is 1.53 bits per heavy atom. The molecule has 0 aromatic carbocycles. The van der Waals surface area contributed by atoms with E-state index in [1.54, 1.807) is 10.7 Å². The number of nitrogens with one attached hydrogen (secondary N) is 1. The summed E-state index contributed by atoms with van der Waals surface area (Å²) in [7, 11) is 1.88. The van der Waals surface area contributed by atoms with E-state index in [0.29, 0.717) is 11.4 Å². The van der Waals surface area contributed by atoms with Gasteiger partial charge in [0.1, 0.15) is 4.88 Å². The largest absolute Gasteiger partial charge is 0.477 e. The Bertz CT molecular complexity index is 518. The Balaban J connectivity index is 1.83. The Morgan fingerprint density at radius 2 is 2.35 bits per heavy atom. The molecular formula is C11H13N3O2S. The average Bonchev–Trinajstić information content (AvgIpc) is 2.88. The van der Waals surface area contributed by atoms with Gasteiger partial charge in [0.15, 0.2) is 0 Å². The highest BCUT2D eigenvalue weighted by atomic mass is 32.1. The number of rotatable bonds is 5. The van der Waals surface area contributed by atoms with Crippen molar-refractivity contribution in [1.29, 1.82) is 0 Å². The van der Waals surface area contributed by atoms with Gasteiger partial charge < -0.3 is 10.4 Å². The fourth-order valence-corrected chi connectivity index (χ4v) is 2.30. The number of hydrogen-bond donors (Lipinski definition) is 2. The van der Waals surface area contributed by atoms with Gasteiger partial charge in [-0.05, 0) is 12.1 Å². The highest BCUT2D eigenvalue weighted by Crippen LogP contribution is 2.16. The SMILES string of the molecule is Cn1cc(CNCc2ccc(C(=O)O)s2)cn1. The van der Waals surface area contributed by atoms with E-state index in [0.717, 1.165) is 17.0 Å². The minimum absolute atomic E-state index is 0.378. The molecule has 2 aromatic rings. The summed E-state index contributed by atoms with van der Waals surface area (Å²) in [5, 5.41) is 16.1. The molecule has 0 spiro atoms. The maximum atomic E-state index is 10.7. The molecule has 0 unspecified atom stereocenters. The Morgan fingerprint density at radius 3 is 2.94 bits per heavy atom. The molecule has 6 heteroatoms. The van der Waals surface area contributed by atoms with E-state index in [1.165, 1.54) is 11.3 Å². The van der Waals surface area contributed by atoms with Crippen molar-refractivity contribution in [2.75, 3.05) is 0 Å². The first-order valence-electron chi connectivity index (χ1n) is 5.15. The van der Waals surface area contributed by atoms with Gasteiger partial charge in [0.05, 0.1) is 6.20 Å². The first kappa shape index (κ1) is 11.8. The minimum Gasteiger partial charge on any atom is -0.477 e. The van der Waals surface area contributed by atoms with Crippen molar-refractivity contribution >= 4 is 17.3 Å². The van der Waals surface area contributed by atoms with Crippen LogP contribution in [0.15, 0.2) is 24.5 Å². The lowest BCUT2D eigenvalue weighted by molar-refractivity contribution is 0.0702. The highest BCUT2D eigenvalue weighted by Gasteiger charge is 2.06. The molecule has 0 atom stereocenters. The van der Waals surface area contributed by atoms with Crippen LogP contribution in [-0.2, 0) is 20.1 Å². The number of carbonyl (C=O) groups is 1. The predicted molar refractivity (Wildman–Crippen MR) is 65.0 cm³/mol. The monoisotopic (exact) mass is 251 g/mol. The predicted octanol–water partition coefficient (Wildman–Crippen LogP) is 1.47. The van der Waals surface area contributed by atoms with Gasteiger partial charge in [-0.25, -0.2) is 4.79 Å². The third kappa shape index (κ3) is 3.15. The Kier molecular flexibility index (Phi) is 3.55. The van der Waals surface area contributed by atoms with Gasteiger partial charge in [0, 0.05) is 36.8 Å². The molecule has 5 nitrogen and oxygen atoms in total. The molecule has 0 amide bonds. The number of aromatic nitrogens is 2. The van der Waals surface area contributed by atoms with Gasteiger partial charge in [-0.1, -0.05) is 0 Å². The zero-order chi connectivity index (χ0) is 12.3. The number of carboxylic acids is 1. The molecule has 0 aliphatic rings. The number of nitrogens with zero attached hydrogens (tertiary/aromatic N) is 2. The molecule has 2 N–H and O–H groups in total. The molecule has 0 radical (unpaired) electrons. The van der Waals surface area contributed by atoms with E-state index in [2.05, 4.69) is 10.4 Å². The molecule has 17 heavy (non-hydrogen) atoms. The van der Waals surface area contributed by atoms with Crippen LogP contribution in [0, 0.1) is 0 Å². The zero-order valence-corrected chi connectivity index (χ0v) is 10.2. The standard InChI is InChI=1S/C11H13N3O2S/c1-14-7-8(5-13-14)4-12-6-9-2-3-10(17-9)11(15)16/h2-3,5,7,12H,4,6H2,1H3,(H,15,16). The highest BCUT2D eigenvalue weighted by molar-refractivity contribution is 7.13. The van der Waals surface area contributed by atoms with Crippen molar-refractivity contribution in [3.63, 3.8) is 0 Å². The molecule has 2 rings (SSSR count). The van der Waals surface area contributed by atoms with Crippen LogP contribution in [0.1, 0.15) is 20.1 Å². The molecule has 2 aromatic heterocycles. The van der Waals surface area contributed by atoms with Crippen molar-refractivity contribution in [3.05, 3.63) is 39.8 Å². The van der Waals surface area contributed by atoms with Crippen LogP contribution in [0.5, 0.6) is 0 Å². The van der Waals surface area contributed by atoms with Crippen LogP contribution >= 0.6 is 11.3 Å². The van der Waals surface area contributed by atoms with Crippen LogP contribution in [0.4, 0.5) is 0 Å². The Labute approximate surface area is 103 Å². The van der Waals surface area contributed by atoms with Crippen LogP contribution in [0.3, 0.4) is 0 Å². The lowest BCUT2D eigenvalue weighted by Crippen LogP contribution is -2.11. The van der Waals surface area contributed by atoms with Gasteiger partial charge in [0.2, 0.25) is 0 Å². The van der Waals surface area contributed by atoms with Crippen molar-refractivity contribution < 1.29 is 9.90 Å². The molecule has 2 heterocycles. The van der Waals surface area contributed by atoms with Gasteiger partial charge in [-0.15, -0.1) is 11.3 Å². The van der Waals surface area contributed by atoms with E-state index in [4.69, 9.17) is 5.11 Å². The lowest BCUT2D eigenvalue weighted by Gasteiger charge is -1.99. The van der Waals surface area contributed by atoms with Crippen LogP contribution in [0.25, 0.3) is 0 Å². The van der Waals surface area contributed by atoms with Crippen LogP contribution in [0.2, 0.25) is 0 Å². The molecule has 0 saturated carbocycles. The second-order valence-corrected chi connectivity index (χ2v) is 4.87. The molecule has 0 fully saturated rings. The number of aryl methyl sites for hydroxylation is 1. The van der Waals surface area contributed by atoms with E-state index >= 15 is 0 Å². The topological polar surface area (TPSA) is 67.2 Å².